The van der Waals surface area contributed by atoms with E-state index in [4.69, 9.17) is 4.74 Å². The summed E-state index contributed by atoms with van der Waals surface area (Å²) in [5.74, 6) is 2.47. The van der Waals surface area contributed by atoms with E-state index in [1.54, 1.807) is 7.11 Å². The summed E-state index contributed by atoms with van der Waals surface area (Å²) >= 11 is 0. The third-order valence-electron chi connectivity index (χ3n) is 5.04. The largest absolute Gasteiger partial charge is 0.496 e. The van der Waals surface area contributed by atoms with Crippen molar-refractivity contribution < 1.29 is 9.53 Å². The van der Waals surface area contributed by atoms with Gasteiger partial charge >= 0.3 is 0 Å². The molecule has 0 radical (unpaired) electrons. The number of aromatic nitrogens is 2. The van der Waals surface area contributed by atoms with E-state index in [0.717, 1.165) is 42.3 Å². The highest BCUT2D eigenvalue weighted by Gasteiger charge is 2.29. The molecular formula is C19H25N3O2. The average molecular weight is 327 g/mol. The van der Waals surface area contributed by atoms with Crippen LogP contribution in [-0.2, 0) is 11.3 Å². The van der Waals surface area contributed by atoms with Crippen molar-refractivity contribution in [2.75, 3.05) is 20.2 Å². The molecule has 1 amide bonds. The molecule has 0 bridgehead atoms. The summed E-state index contributed by atoms with van der Waals surface area (Å²) in [4.78, 5) is 18.5. The number of carbonyl (C=O) groups is 1. The minimum Gasteiger partial charge on any atom is -0.496 e. The van der Waals surface area contributed by atoms with E-state index < -0.39 is 0 Å². The molecule has 2 aromatic rings. The summed E-state index contributed by atoms with van der Waals surface area (Å²) in [6, 6.07) is 4.06. The summed E-state index contributed by atoms with van der Waals surface area (Å²) < 4.78 is 7.57. The Bertz CT molecular complexity index is 751. The number of rotatable bonds is 5. The maximum absolute atomic E-state index is 12.0. The summed E-state index contributed by atoms with van der Waals surface area (Å²) in [5, 5.41) is 0. The first kappa shape index (κ1) is 16.6. The molecule has 1 aliphatic heterocycles. The van der Waals surface area contributed by atoms with E-state index in [-0.39, 0.29) is 5.91 Å². The zero-order valence-electron chi connectivity index (χ0n) is 14.9. The fourth-order valence-electron chi connectivity index (χ4n) is 3.52. The van der Waals surface area contributed by atoms with Crippen molar-refractivity contribution in [3.05, 3.63) is 35.7 Å². The van der Waals surface area contributed by atoms with Crippen LogP contribution in [0.15, 0.2) is 24.5 Å². The molecule has 128 valence electrons. The molecule has 0 spiro atoms. The summed E-state index contributed by atoms with van der Waals surface area (Å²) in [6.45, 7) is 8.66. The maximum Gasteiger partial charge on any atom is 0.222 e. The topological polar surface area (TPSA) is 47.4 Å². The van der Waals surface area contributed by atoms with Gasteiger partial charge in [-0.05, 0) is 44.0 Å². The Hall–Kier alpha value is -2.30. The van der Waals surface area contributed by atoms with Gasteiger partial charge in [0, 0.05) is 49.9 Å². The Morgan fingerprint density at radius 2 is 2.08 bits per heavy atom. The van der Waals surface area contributed by atoms with Crippen molar-refractivity contribution in [3.63, 3.8) is 0 Å². The van der Waals surface area contributed by atoms with Gasteiger partial charge in [0.25, 0.3) is 0 Å². The van der Waals surface area contributed by atoms with Crippen LogP contribution in [0.25, 0.3) is 11.4 Å². The first-order valence-corrected chi connectivity index (χ1v) is 8.48. The van der Waals surface area contributed by atoms with E-state index in [1.165, 1.54) is 5.56 Å². The minimum atomic E-state index is 0.264. The molecule has 1 aromatic carbocycles. The zero-order chi connectivity index (χ0) is 17.3. The number of hydrogen-bond donors (Lipinski definition) is 0. The van der Waals surface area contributed by atoms with Crippen LogP contribution in [0.5, 0.6) is 5.75 Å². The van der Waals surface area contributed by atoms with Crippen molar-refractivity contribution in [1.29, 1.82) is 0 Å². The van der Waals surface area contributed by atoms with E-state index in [1.807, 2.05) is 30.3 Å². The molecule has 0 saturated carbocycles. The molecule has 5 nitrogen and oxygen atoms in total. The van der Waals surface area contributed by atoms with Gasteiger partial charge in [-0.15, -0.1) is 0 Å². The number of benzene rings is 1. The third kappa shape index (κ3) is 2.90. The van der Waals surface area contributed by atoms with Gasteiger partial charge in [-0.1, -0.05) is 0 Å². The Morgan fingerprint density at radius 1 is 1.29 bits per heavy atom. The van der Waals surface area contributed by atoms with Gasteiger partial charge in [-0.3, -0.25) is 4.79 Å². The monoisotopic (exact) mass is 327 g/mol. The summed E-state index contributed by atoms with van der Waals surface area (Å²) in [6.07, 6.45) is 4.47. The maximum atomic E-state index is 12.0. The van der Waals surface area contributed by atoms with Crippen molar-refractivity contribution in [3.8, 4) is 17.1 Å². The van der Waals surface area contributed by atoms with Gasteiger partial charge < -0.3 is 14.2 Å². The molecule has 5 heteroatoms. The SMILES string of the molecule is CCN1C[C@@H](Cn2ccnc2-c2ccc(OC)c(C)c2C)CC1=O. The molecular weight excluding hydrogens is 302 g/mol. The highest BCUT2D eigenvalue weighted by atomic mass is 16.5. The van der Waals surface area contributed by atoms with E-state index in [2.05, 4.69) is 29.5 Å². The molecule has 1 fully saturated rings. The van der Waals surface area contributed by atoms with Crippen molar-refractivity contribution in [2.24, 2.45) is 5.92 Å². The van der Waals surface area contributed by atoms with E-state index >= 15 is 0 Å². The van der Waals surface area contributed by atoms with Crippen LogP contribution in [0.1, 0.15) is 24.5 Å². The number of hydrogen-bond acceptors (Lipinski definition) is 3. The Kier molecular flexibility index (Phi) is 4.60. The number of nitrogens with zero attached hydrogens (tertiary/aromatic N) is 3. The lowest BCUT2D eigenvalue weighted by atomic mass is 10.0. The fraction of sp³-hybridized carbons (Fsp3) is 0.474. The first-order valence-electron chi connectivity index (χ1n) is 8.48. The van der Waals surface area contributed by atoms with Crippen LogP contribution in [-0.4, -0.2) is 40.6 Å². The fourth-order valence-corrected chi connectivity index (χ4v) is 3.52. The lowest BCUT2D eigenvalue weighted by molar-refractivity contribution is -0.127. The van der Waals surface area contributed by atoms with Crippen LogP contribution >= 0.6 is 0 Å². The second kappa shape index (κ2) is 6.67. The smallest absolute Gasteiger partial charge is 0.222 e. The summed E-state index contributed by atoms with van der Waals surface area (Å²) in [5.41, 5.74) is 3.44. The van der Waals surface area contributed by atoms with Crippen LogP contribution < -0.4 is 4.74 Å². The number of methoxy groups -OCH3 is 1. The lowest BCUT2D eigenvalue weighted by Gasteiger charge is -2.17. The quantitative estimate of drug-likeness (QED) is 0.848. The first-order chi connectivity index (χ1) is 11.5. The number of amides is 1. The Labute approximate surface area is 143 Å². The standard InChI is InChI=1S/C19H25N3O2/c1-5-21-11-15(10-18(21)23)12-22-9-8-20-19(22)16-6-7-17(24-4)14(3)13(16)2/h6-9,15H,5,10-12H2,1-4H3/t15-/m0/s1. The van der Waals surface area contributed by atoms with Crippen molar-refractivity contribution >= 4 is 5.91 Å². The van der Waals surface area contributed by atoms with Crippen LogP contribution in [0, 0.1) is 19.8 Å². The second-order valence-corrected chi connectivity index (χ2v) is 6.47. The van der Waals surface area contributed by atoms with Crippen LogP contribution in [0.2, 0.25) is 0 Å². The molecule has 0 aliphatic carbocycles. The average Bonchev–Trinajstić information content (AvgIpc) is 3.16. The molecule has 2 heterocycles. The molecule has 0 N–H and O–H groups in total. The van der Waals surface area contributed by atoms with E-state index in [0.29, 0.717) is 12.3 Å². The van der Waals surface area contributed by atoms with Gasteiger partial charge in [-0.2, -0.15) is 0 Å². The van der Waals surface area contributed by atoms with Crippen molar-refractivity contribution in [2.45, 2.75) is 33.7 Å². The second-order valence-electron chi connectivity index (χ2n) is 6.47. The molecule has 1 saturated heterocycles. The molecule has 1 aromatic heterocycles. The number of likely N-dealkylation sites (tertiary alicyclic amines) is 1. The number of carbonyl (C=O) groups excluding carboxylic acids is 1. The lowest BCUT2D eigenvalue weighted by Crippen LogP contribution is -2.25. The van der Waals surface area contributed by atoms with Crippen LogP contribution in [0.3, 0.4) is 0 Å². The van der Waals surface area contributed by atoms with Gasteiger partial charge in [0.15, 0.2) is 0 Å². The molecule has 1 aliphatic rings. The highest BCUT2D eigenvalue weighted by molar-refractivity contribution is 5.78. The van der Waals surface area contributed by atoms with Gasteiger partial charge in [0.05, 0.1) is 7.11 Å². The Balaban J connectivity index is 1.87. The van der Waals surface area contributed by atoms with Crippen LogP contribution in [0.4, 0.5) is 0 Å². The molecule has 3 rings (SSSR count). The van der Waals surface area contributed by atoms with Gasteiger partial charge in [0.2, 0.25) is 5.91 Å². The minimum absolute atomic E-state index is 0.264. The zero-order valence-corrected chi connectivity index (χ0v) is 14.9. The van der Waals surface area contributed by atoms with Crippen molar-refractivity contribution in [1.82, 2.24) is 14.5 Å². The highest BCUT2D eigenvalue weighted by Crippen LogP contribution is 2.31. The number of imidazole rings is 1. The molecule has 0 unspecified atom stereocenters. The predicted molar refractivity (Wildman–Crippen MR) is 94.1 cm³/mol. The normalized spacial score (nSPS) is 17.6. The van der Waals surface area contributed by atoms with Gasteiger partial charge in [0.1, 0.15) is 11.6 Å². The van der Waals surface area contributed by atoms with E-state index in [9.17, 15) is 4.79 Å². The molecule has 24 heavy (non-hydrogen) atoms. The Morgan fingerprint density at radius 3 is 2.75 bits per heavy atom. The van der Waals surface area contributed by atoms with Gasteiger partial charge in [-0.25, -0.2) is 4.98 Å². The number of ether oxygens (including phenoxy) is 1. The third-order valence-corrected chi connectivity index (χ3v) is 5.04. The summed E-state index contributed by atoms with van der Waals surface area (Å²) in [7, 11) is 1.69. The predicted octanol–water partition coefficient (Wildman–Crippen LogP) is 3.04. The molecule has 1 atom stereocenters.